The Morgan fingerprint density at radius 3 is 2.53 bits per heavy atom. The molecule has 0 aliphatic rings. The molecule has 1 aromatic carbocycles. The van der Waals surface area contributed by atoms with E-state index in [9.17, 15) is 5.11 Å². The van der Waals surface area contributed by atoms with Gasteiger partial charge in [-0.05, 0) is 44.9 Å². The first kappa shape index (κ1) is 14.0. The average molecular weight is 236 g/mol. The number of benzene rings is 1. The van der Waals surface area contributed by atoms with Crippen LogP contribution in [0.15, 0.2) is 24.3 Å². The third-order valence-electron chi connectivity index (χ3n) is 2.90. The molecule has 0 saturated carbocycles. The van der Waals surface area contributed by atoms with E-state index >= 15 is 0 Å². The van der Waals surface area contributed by atoms with E-state index in [0.717, 1.165) is 25.2 Å². The van der Waals surface area contributed by atoms with Gasteiger partial charge >= 0.3 is 0 Å². The molecule has 0 heterocycles. The molecule has 1 atom stereocenters. The number of nitrogens with two attached hydrogens (primary N) is 1. The summed E-state index contributed by atoms with van der Waals surface area (Å²) in [5.41, 5.74) is 7.81. The lowest BCUT2D eigenvalue weighted by Gasteiger charge is -2.27. The number of hydrogen-bond acceptors (Lipinski definition) is 3. The van der Waals surface area contributed by atoms with E-state index < -0.39 is 0 Å². The standard InChI is InChI=1S/C14H24N2O/c1-11(2)16(8-7-12(3)17)10-13-5-4-6-14(15)9-13/h4-6,9,11-12,17H,7-8,10,15H2,1-3H3. The second-order valence-corrected chi connectivity index (χ2v) is 4.95. The Labute approximate surface area is 104 Å². The van der Waals surface area contributed by atoms with Gasteiger partial charge in [-0.2, -0.15) is 0 Å². The van der Waals surface area contributed by atoms with Gasteiger partial charge in [-0.25, -0.2) is 0 Å². The van der Waals surface area contributed by atoms with Crippen LogP contribution in [0.3, 0.4) is 0 Å². The second kappa shape index (κ2) is 6.62. The summed E-state index contributed by atoms with van der Waals surface area (Å²) in [7, 11) is 0. The van der Waals surface area contributed by atoms with Gasteiger partial charge in [-0.3, -0.25) is 4.90 Å². The molecule has 1 rings (SSSR count). The summed E-state index contributed by atoms with van der Waals surface area (Å²) >= 11 is 0. The lowest BCUT2D eigenvalue weighted by atomic mass is 10.1. The minimum atomic E-state index is -0.239. The number of aliphatic hydroxyl groups excluding tert-OH is 1. The maximum Gasteiger partial charge on any atom is 0.0524 e. The summed E-state index contributed by atoms with van der Waals surface area (Å²) in [5.74, 6) is 0. The lowest BCUT2D eigenvalue weighted by Crippen LogP contribution is -2.32. The Hall–Kier alpha value is -1.06. The van der Waals surface area contributed by atoms with Gasteiger partial charge in [0.1, 0.15) is 0 Å². The van der Waals surface area contributed by atoms with Gasteiger partial charge in [0, 0.05) is 24.8 Å². The molecule has 0 bridgehead atoms. The summed E-state index contributed by atoms with van der Waals surface area (Å²) in [6.45, 7) is 7.97. The van der Waals surface area contributed by atoms with Gasteiger partial charge in [-0.1, -0.05) is 12.1 Å². The average Bonchev–Trinajstić information content (AvgIpc) is 2.23. The first-order valence-electron chi connectivity index (χ1n) is 6.25. The summed E-state index contributed by atoms with van der Waals surface area (Å²) in [6.07, 6.45) is 0.567. The van der Waals surface area contributed by atoms with E-state index in [1.165, 1.54) is 5.56 Å². The molecule has 0 spiro atoms. The van der Waals surface area contributed by atoms with Crippen molar-refractivity contribution in [3.63, 3.8) is 0 Å². The summed E-state index contributed by atoms with van der Waals surface area (Å²) in [6, 6.07) is 8.46. The van der Waals surface area contributed by atoms with Crippen molar-refractivity contribution in [3.8, 4) is 0 Å². The van der Waals surface area contributed by atoms with Crippen LogP contribution in [-0.4, -0.2) is 28.7 Å². The van der Waals surface area contributed by atoms with Crippen molar-refractivity contribution < 1.29 is 5.11 Å². The SMILES string of the molecule is CC(O)CCN(Cc1cccc(N)c1)C(C)C. The van der Waals surface area contributed by atoms with Crippen molar-refractivity contribution in [2.24, 2.45) is 0 Å². The van der Waals surface area contributed by atoms with Crippen LogP contribution in [0.1, 0.15) is 32.8 Å². The number of hydrogen-bond donors (Lipinski definition) is 2. The highest BCUT2D eigenvalue weighted by molar-refractivity contribution is 5.40. The van der Waals surface area contributed by atoms with E-state index in [4.69, 9.17) is 5.73 Å². The maximum atomic E-state index is 9.35. The second-order valence-electron chi connectivity index (χ2n) is 4.95. The molecule has 0 aliphatic heterocycles. The van der Waals surface area contributed by atoms with Crippen LogP contribution in [0.5, 0.6) is 0 Å². The van der Waals surface area contributed by atoms with Gasteiger partial charge in [0.25, 0.3) is 0 Å². The van der Waals surface area contributed by atoms with Gasteiger partial charge in [0.05, 0.1) is 6.10 Å². The van der Waals surface area contributed by atoms with Crippen LogP contribution < -0.4 is 5.73 Å². The molecule has 0 aromatic heterocycles. The fourth-order valence-electron chi connectivity index (χ4n) is 1.80. The molecular weight excluding hydrogens is 212 g/mol. The van der Waals surface area contributed by atoms with Gasteiger partial charge in [0.15, 0.2) is 0 Å². The Morgan fingerprint density at radius 2 is 2.00 bits per heavy atom. The number of rotatable bonds is 6. The third-order valence-corrected chi connectivity index (χ3v) is 2.90. The smallest absolute Gasteiger partial charge is 0.0524 e. The summed E-state index contributed by atoms with van der Waals surface area (Å²) in [4.78, 5) is 2.35. The maximum absolute atomic E-state index is 9.35. The van der Waals surface area contributed by atoms with Crippen molar-refractivity contribution in [1.29, 1.82) is 0 Å². The zero-order valence-electron chi connectivity index (χ0n) is 11.1. The van der Waals surface area contributed by atoms with Crippen LogP contribution in [0.25, 0.3) is 0 Å². The first-order valence-corrected chi connectivity index (χ1v) is 6.25. The molecule has 3 nitrogen and oxygen atoms in total. The van der Waals surface area contributed by atoms with Crippen molar-refractivity contribution in [1.82, 2.24) is 4.90 Å². The highest BCUT2D eigenvalue weighted by atomic mass is 16.3. The van der Waals surface area contributed by atoms with Gasteiger partial charge in [-0.15, -0.1) is 0 Å². The number of anilines is 1. The molecule has 1 aromatic rings. The molecule has 1 unspecified atom stereocenters. The Kier molecular flexibility index (Phi) is 5.45. The van der Waals surface area contributed by atoms with Crippen molar-refractivity contribution >= 4 is 5.69 Å². The largest absolute Gasteiger partial charge is 0.399 e. The molecule has 0 saturated heterocycles. The molecule has 3 N–H and O–H groups in total. The molecule has 0 amide bonds. The summed E-state index contributed by atoms with van der Waals surface area (Å²) in [5, 5.41) is 9.35. The van der Waals surface area contributed by atoms with Gasteiger partial charge < -0.3 is 10.8 Å². The van der Waals surface area contributed by atoms with Crippen LogP contribution in [0, 0.1) is 0 Å². The number of aliphatic hydroxyl groups is 1. The van der Waals surface area contributed by atoms with Gasteiger partial charge in [0.2, 0.25) is 0 Å². The Bertz CT molecular complexity index is 337. The van der Waals surface area contributed by atoms with Crippen molar-refractivity contribution in [3.05, 3.63) is 29.8 Å². The van der Waals surface area contributed by atoms with Crippen molar-refractivity contribution in [2.75, 3.05) is 12.3 Å². The minimum absolute atomic E-state index is 0.239. The van der Waals surface area contributed by atoms with E-state index in [-0.39, 0.29) is 6.10 Å². The van der Waals surface area contributed by atoms with Crippen LogP contribution >= 0.6 is 0 Å². The van der Waals surface area contributed by atoms with E-state index in [0.29, 0.717) is 6.04 Å². The van der Waals surface area contributed by atoms with E-state index in [2.05, 4.69) is 24.8 Å². The molecule has 96 valence electrons. The van der Waals surface area contributed by atoms with E-state index in [1.807, 2.05) is 25.1 Å². The molecule has 0 aliphatic carbocycles. The molecule has 0 radical (unpaired) electrons. The van der Waals surface area contributed by atoms with Crippen molar-refractivity contribution in [2.45, 2.75) is 45.9 Å². The minimum Gasteiger partial charge on any atom is -0.399 e. The third kappa shape index (κ3) is 5.20. The molecule has 3 heteroatoms. The zero-order chi connectivity index (χ0) is 12.8. The number of nitrogens with zero attached hydrogens (tertiary/aromatic N) is 1. The van der Waals surface area contributed by atoms with Crippen LogP contribution in [-0.2, 0) is 6.54 Å². The van der Waals surface area contributed by atoms with Crippen LogP contribution in [0.4, 0.5) is 5.69 Å². The summed E-state index contributed by atoms with van der Waals surface area (Å²) < 4.78 is 0. The topological polar surface area (TPSA) is 49.5 Å². The first-order chi connectivity index (χ1) is 7.99. The lowest BCUT2D eigenvalue weighted by molar-refractivity contribution is 0.138. The zero-order valence-corrected chi connectivity index (χ0v) is 11.1. The Balaban J connectivity index is 2.60. The molecular formula is C14H24N2O. The highest BCUT2D eigenvalue weighted by Crippen LogP contribution is 2.12. The molecule has 0 fully saturated rings. The number of nitrogen functional groups attached to an aromatic ring is 1. The normalized spacial score (nSPS) is 13.3. The highest BCUT2D eigenvalue weighted by Gasteiger charge is 2.11. The predicted molar refractivity (Wildman–Crippen MR) is 72.7 cm³/mol. The van der Waals surface area contributed by atoms with E-state index in [1.54, 1.807) is 0 Å². The quantitative estimate of drug-likeness (QED) is 0.745. The molecule has 17 heavy (non-hydrogen) atoms. The predicted octanol–water partition coefficient (Wildman–Crippen LogP) is 2.25. The Morgan fingerprint density at radius 1 is 1.29 bits per heavy atom. The fourth-order valence-corrected chi connectivity index (χ4v) is 1.80. The fraction of sp³-hybridized carbons (Fsp3) is 0.571. The van der Waals surface area contributed by atoms with Crippen LogP contribution in [0.2, 0.25) is 0 Å². The monoisotopic (exact) mass is 236 g/mol.